The highest BCUT2D eigenvalue weighted by atomic mass is 16.5. The number of benzene rings is 1. The first-order valence-corrected chi connectivity index (χ1v) is 11.4. The zero-order valence-corrected chi connectivity index (χ0v) is 20.4. The van der Waals surface area contributed by atoms with Gasteiger partial charge in [0.25, 0.3) is 5.56 Å². The molecule has 0 fully saturated rings. The second kappa shape index (κ2) is 11.2. The number of ether oxygens (including phenoxy) is 2. The Hall–Kier alpha value is -3.31. The SMILES string of the molecule is CCN(CC)CCNc1nc2c(c(=O)n(C)c(=O)n2C)n1CC(O)COc1ccc(OC)cc1. The molecular weight excluding hydrogens is 440 g/mol. The minimum Gasteiger partial charge on any atom is -0.497 e. The van der Waals surface area contributed by atoms with Crippen molar-refractivity contribution in [2.75, 3.05) is 45.2 Å². The van der Waals surface area contributed by atoms with Crippen LogP contribution in [0.15, 0.2) is 33.9 Å². The number of fused-ring (bicyclic) bond motifs is 1. The number of likely N-dealkylation sites (N-methyl/N-ethyl adjacent to an activating group) is 1. The van der Waals surface area contributed by atoms with E-state index in [9.17, 15) is 14.7 Å². The molecule has 0 spiro atoms. The van der Waals surface area contributed by atoms with Gasteiger partial charge in [-0.05, 0) is 37.4 Å². The number of anilines is 1. The summed E-state index contributed by atoms with van der Waals surface area (Å²) >= 11 is 0. The van der Waals surface area contributed by atoms with Gasteiger partial charge in [-0.25, -0.2) is 4.79 Å². The van der Waals surface area contributed by atoms with Gasteiger partial charge in [0, 0.05) is 27.2 Å². The molecule has 0 amide bonds. The summed E-state index contributed by atoms with van der Waals surface area (Å²) in [6, 6.07) is 7.05. The Morgan fingerprint density at radius 3 is 2.35 bits per heavy atom. The molecule has 0 saturated heterocycles. The number of methoxy groups -OCH3 is 1. The average molecular weight is 475 g/mol. The number of aliphatic hydroxyl groups is 1. The fourth-order valence-corrected chi connectivity index (χ4v) is 3.75. The summed E-state index contributed by atoms with van der Waals surface area (Å²) < 4.78 is 14.8. The van der Waals surface area contributed by atoms with Gasteiger partial charge in [0.15, 0.2) is 11.2 Å². The smallest absolute Gasteiger partial charge is 0.332 e. The highest BCUT2D eigenvalue weighted by molar-refractivity contribution is 5.74. The van der Waals surface area contributed by atoms with Crippen LogP contribution in [0.1, 0.15) is 13.8 Å². The van der Waals surface area contributed by atoms with Crippen LogP contribution in [0.25, 0.3) is 11.2 Å². The number of nitrogens with one attached hydrogen (secondary N) is 1. The van der Waals surface area contributed by atoms with Crippen LogP contribution in [0.3, 0.4) is 0 Å². The monoisotopic (exact) mass is 474 g/mol. The molecule has 11 nitrogen and oxygen atoms in total. The highest BCUT2D eigenvalue weighted by Crippen LogP contribution is 2.19. The van der Waals surface area contributed by atoms with E-state index < -0.39 is 17.4 Å². The Balaban J connectivity index is 1.86. The fraction of sp³-hybridized carbons (Fsp3) is 0.522. The molecule has 1 unspecified atom stereocenters. The second-order valence-electron chi connectivity index (χ2n) is 8.02. The Morgan fingerprint density at radius 1 is 1.09 bits per heavy atom. The van der Waals surface area contributed by atoms with Crippen molar-refractivity contribution in [3.8, 4) is 11.5 Å². The second-order valence-corrected chi connectivity index (χ2v) is 8.02. The maximum Gasteiger partial charge on any atom is 0.332 e. The summed E-state index contributed by atoms with van der Waals surface area (Å²) in [6.45, 7) is 7.49. The van der Waals surface area contributed by atoms with Crippen molar-refractivity contribution >= 4 is 17.1 Å². The van der Waals surface area contributed by atoms with E-state index in [4.69, 9.17) is 9.47 Å². The van der Waals surface area contributed by atoms with Gasteiger partial charge in [0.1, 0.15) is 24.2 Å². The van der Waals surface area contributed by atoms with Crippen LogP contribution >= 0.6 is 0 Å². The highest BCUT2D eigenvalue weighted by Gasteiger charge is 2.21. The molecule has 0 bridgehead atoms. The number of aromatic nitrogens is 4. The minimum atomic E-state index is -0.926. The number of hydrogen-bond donors (Lipinski definition) is 2. The summed E-state index contributed by atoms with van der Waals surface area (Å²) in [4.78, 5) is 32.2. The van der Waals surface area contributed by atoms with Gasteiger partial charge in [-0.1, -0.05) is 13.8 Å². The molecule has 2 N–H and O–H groups in total. The zero-order valence-electron chi connectivity index (χ0n) is 20.4. The molecule has 0 aliphatic heterocycles. The summed E-state index contributed by atoms with van der Waals surface area (Å²) in [5.74, 6) is 1.72. The number of hydrogen-bond acceptors (Lipinski definition) is 8. The van der Waals surface area contributed by atoms with Crippen LogP contribution in [-0.2, 0) is 20.6 Å². The lowest BCUT2D eigenvalue weighted by atomic mass is 10.3. The molecule has 3 rings (SSSR count). The summed E-state index contributed by atoms with van der Waals surface area (Å²) in [5.41, 5.74) is -0.411. The van der Waals surface area contributed by atoms with Gasteiger partial charge in [0.2, 0.25) is 5.95 Å². The van der Waals surface area contributed by atoms with Gasteiger partial charge in [0.05, 0.1) is 13.7 Å². The molecule has 0 aliphatic carbocycles. The lowest BCUT2D eigenvalue weighted by molar-refractivity contribution is 0.0938. The number of rotatable bonds is 12. The molecule has 186 valence electrons. The van der Waals surface area contributed by atoms with E-state index in [0.717, 1.165) is 24.2 Å². The number of imidazole rings is 1. The molecule has 2 aromatic heterocycles. The third-order valence-electron chi connectivity index (χ3n) is 5.85. The van der Waals surface area contributed by atoms with Crippen molar-refractivity contribution in [1.29, 1.82) is 0 Å². The maximum absolute atomic E-state index is 13.0. The van der Waals surface area contributed by atoms with Gasteiger partial charge < -0.3 is 29.4 Å². The van der Waals surface area contributed by atoms with Crippen molar-refractivity contribution in [3.05, 3.63) is 45.1 Å². The third kappa shape index (κ3) is 5.42. The van der Waals surface area contributed by atoms with Crippen LogP contribution < -0.4 is 26.0 Å². The lowest BCUT2D eigenvalue weighted by Gasteiger charge is -2.19. The molecule has 0 aliphatic rings. The van der Waals surface area contributed by atoms with Crippen LogP contribution in [0.5, 0.6) is 11.5 Å². The molecule has 34 heavy (non-hydrogen) atoms. The van der Waals surface area contributed by atoms with E-state index in [1.807, 2.05) is 0 Å². The third-order valence-corrected chi connectivity index (χ3v) is 5.85. The van der Waals surface area contributed by atoms with Crippen LogP contribution in [-0.4, -0.2) is 74.7 Å². The minimum absolute atomic E-state index is 0.0109. The summed E-state index contributed by atoms with van der Waals surface area (Å²) in [7, 11) is 4.59. The topological polar surface area (TPSA) is 116 Å². The predicted molar refractivity (Wildman–Crippen MR) is 131 cm³/mol. The molecule has 3 aromatic rings. The van der Waals surface area contributed by atoms with E-state index >= 15 is 0 Å². The van der Waals surface area contributed by atoms with Crippen molar-refractivity contribution < 1.29 is 14.6 Å². The van der Waals surface area contributed by atoms with E-state index in [-0.39, 0.29) is 24.3 Å². The van der Waals surface area contributed by atoms with Gasteiger partial charge >= 0.3 is 5.69 Å². The Bertz CT molecular complexity index is 1210. The van der Waals surface area contributed by atoms with E-state index in [1.54, 1.807) is 43.0 Å². The lowest BCUT2D eigenvalue weighted by Crippen LogP contribution is -2.38. The van der Waals surface area contributed by atoms with Gasteiger partial charge in [-0.2, -0.15) is 4.98 Å². The molecule has 2 heterocycles. The fourth-order valence-electron chi connectivity index (χ4n) is 3.75. The quantitative estimate of drug-likeness (QED) is 0.393. The largest absolute Gasteiger partial charge is 0.497 e. The molecular formula is C23H34N6O5. The molecule has 0 radical (unpaired) electrons. The number of aliphatic hydroxyl groups excluding tert-OH is 1. The summed E-state index contributed by atoms with van der Waals surface area (Å²) in [5, 5.41) is 14.0. The van der Waals surface area contributed by atoms with Crippen LogP contribution in [0.2, 0.25) is 0 Å². The van der Waals surface area contributed by atoms with Gasteiger partial charge in [-0.3, -0.25) is 13.9 Å². The predicted octanol–water partition coefficient (Wildman–Crippen LogP) is 0.636. The average Bonchev–Trinajstić information content (AvgIpc) is 3.21. The van der Waals surface area contributed by atoms with E-state index in [1.165, 1.54) is 11.6 Å². The van der Waals surface area contributed by atoms with Crippen molar-refractivity contribution in [2.24, 2.45) is 14.1 Å². The Morgan fingerprint density at radius 2 is 1.74 bits per heavy atom. The van der Waals surface area contributed by atoms with Crippen LogP contribution in [0, 0.1) is 0 Å². The summed E-state index contributed by atoms with van der Waals surface area (Å²) in [6.07, 6.45) is -0.926. The first-order chi connectivity index (χ1) is 16.3. The molecule has 0 saturated carbocycles. The Labute approximate surface area is 198 Å². The van der Waals surface area contributed by atoms with E-state index in [2.05, 4.69) is 29.0 Å². The number of aryl methyl sites for hydroxylation is 1. The maximum atomic E-state index is 13.0. The van der Waals surface area contributed by atoms with Crippen molar-refractivity contribution in [2.45, 2.75) is 26.5 Å². The normalized spacial score (nSPS) is 12.3. The molecule has 1 atom stereocenters. The van der Waals surface area contributed by atoms with E-state index in [0.29, 0.717) is 24.0 Å². The van der Waals surface area contributed by atoms with Crippen molar-refractivity contribution in [1.82, 2.24) is 23.6 Å². The van der Waals surface area contributed by atoms with Gasteiger partial charge in [-0.15, -0.1) is 0 Å². The number of nitrogens with zero attached hydrogens (tertiary/aromatic N) is 5. The zero-order chi connectivity index (χ0) is 24.8. The molecule has 11 heteroatoms. The first-order valence-electron chi connectivity index (χ1n) is 11.4. The molecule has 1 aromatic carbocycles. The standard InChI is InChI=1S/C23H34N6O5/c1-6-28(7-2)13-12-24-22-25-20-19(21(31)27(4)23(32)26(20)3)29(22)14-16(30)15-34-18-10-8-17(33-5)9-11-18/h8-11,16,30H,6-7,12-15H2,1-5H3,(H,24,25). The van der Waals surface area contributed by atoms with Crippen LogP contribution in [0.4, 0.5) is 5.95 Å². The Kier molecular flexibility index (Phi) is 8.35. The van der Waals surface area contributed by atoms with Crippen molar-refractivity contribution in [3.63, 3.8) is 0 Å². The first kappa shape index (κ1) is 25.3.